The molecule has 2 atom stereocenters. The number of ether oxygens (including phenoxy) is 3. The van der Waals surface area contributed by atoms with Crippen LogP contribution in [0.2, 0.25) is 0 Å². The van der Waals surface area contributed by atoms with Crippen LogP contribution >= 0.6 is 0 Å². The molecule has 36 heavy (non-hydrogen) atoms. The summed E-state index contributed by atoms with van der Waals surface area (Å²) in [6, 6.07) is 0. The molecule has 0 aliphatic heterocycles. The van der Waals surface area contributed by atoms with Crippen LogP contribution in [0.25, 0.3) is 0 Å². The van der Waals surface area contributed by atoms with Crippen molar-refractivity contribution in [3.8, 4) is 23.0 Å². The first kappa shape index (κ1) is 31.9. The Bertz CT molecular complexity index is 840. The molecule has 1 N–H and O–H groups in total. The van der Waals surface area contributed by atoms with Gasteiger partial charge in [-0.05, 0) is 50.9 Å². The summed E-state index contributed by atoms with van der Waals surface area (Å²) in [6.07, 6.45) is 14.2. The molecule has 2 unspecified atom stereocenters. The van der Waals surface area contributed by atoms with E-state index in [4.69, 9.17) is 14.2 Å². The maximum Gasteiger partial charge on any atom is 0.308 e. The van der Waals surface area contributed by atoms with Crippen LogP contribution < -0.4 is 14.2 Å². The SMILES string of the molecule is COc1c(O)c(C/C=C(\C)CCCC(C)CCCC(C)CCCC(C)C)c(C)c(OC(C)=O)c1OC. The van der Waals surface area contributed by atoms with E-state index in [1.54, 1.807) is 0 Å². The van der Waals surface area contributed by atoms with E-state index in [1.807, 2.05) is 6.92 Å². The van der Waals surface area contributed by atoms with Crippen molar-refractivity contribution >= 4 is 5.97 Å². The number of methoxy groups -OCH3 is 2. The highest BCUT2D eigenvalue weighted by atomic mass is 16.6. The minimum atomic E-state index is -0.448. The molecule has 0 heterocycles. The maximum atomic E-state index is 11.6. The Morgan fingerprint density at radius 1 is 0.833 bits per heavy atom. The highest BCUT2D eigenvalue weighted by Gasteiger charge is 2.25. The van der Waals surface area contributed by atoms with E-state index in [0.29, 0.717) is 23.3 Å². The molecule has 5 nitrogen and oxygen atoms in total. The lowest BCUT2D eigenvalue weighted by atomic mass is 9.91. The topological polar surface area (TPSA) is 65.0 Å². The summed E-state index contributed by atoms with van der Waals surface area (Å²) in [5, 5.41) is 10.8. The monoisotopic (exact) mass is 504 g/mol. The van der Waals surface area contributed by atoms with E-state index >= 15 is 0 Å². The van der Waals surface area contributed by atoms with E-state index in [0.717, 1.165) is 24.2 Å². The van der Waals surface area contributed by atoms with Gasteiger partial charge in [0.25, 0.3) is 0 Å². The number of carbonyl (C=O) groups excluding carboxylic acids is 1. The fourth-order valence-electron chi connectivity index (χ4n) is 4.81. The van der Waals surface area contributed by atoms with Gasteiger partial charge in [0.15, 0.2) is 11.5 Å². The van der Waals surface area contributed by atoms with E-state index in [9.17, 15) is 9.90 Å². The molecule has 206 valence electrons. The van der Waals surface area contributed by atoms with Gasteiger partial charge in [0.1, 0.15) is 0 Å². The second-order valence-corrected chi connectivity index (χ2v) is 11.1. The molecule has 0 amide bonds. The molecule has 1 aromatic carbocycles. The van der Waals surface area contributed by atoms with Crippen molar-refractivity contribution in [2.24, 2.45) is 17.8 Å². The third-order valence-electron chi connectivity index (χ3n) is 7.16. The van der Waals surface area contributed by atoms with Crippen LogP contribution in [0.15, 0.2) is 11.6 Å². The normalized spacial score (nSPS) is 13.6. The van der Waals surface area contributed by atoms with Crippen LogP contribution in [0, 0.1) is 24.7 Å². The maximum absolute atomic E-state index is 11.6. The van der Waals surface area contributed by atoms with Crippen LogP contribution in [-0.2, 0) is 11.2 Å². The van der Waals surface area contributed by atoms with E-state index < -0.39 is 5.97 Å². The zero-order valence-corrected chi connectivity index (χ0v) is 24.5. The van der Waals surface area contributed by atoms with Gasteiger partial charge in [-0.3, -0.25) is 4.79 Å². The molecule has 0 bridgehead atoms. The fraction of sp³-hybridized carbons (Fsp3) is 0.710. The molecule has 0 aliphatic rings. The molecule has 0 spiro atoms. The number of allylic oxidation sites excluding steroid dienone is 2. The Kier molecular flexibility index (Phi) is 14.6. The van der Waals surface area contributed by atoms with E-state index in [2.05, 4.69) is 40.7 Å². The Balaban J connectivity index is 2.61. The Hall–Kier alpha value is -2.17. The van der Waals surface area contributed by atoms with Crippen molar-refractivity contribution in [3.63, 3.8) is 0 Å². The minimum absolute atomic E-state index is 0.0267. The van der Waals surface area contributed by atoms with Crippen LogP contribution in [0.3, 0.4) is 0 Å². The van der Waals surface area contributed by atoms with Gasteiger partial charge >= 0.3 is 5.97 Å². The molecule has 0 aliphatic carbocycles. The molecule has 5 heteroatoms. The van der Waals surface area contributed by atoms with E-state index in [-0.39, 0.29) is 17.2 Å². The zero-order chi connectivity index (χ0) is 27.3. The third kappa shape index (κ3) is 10.8. The number of rotatable bonds is 17. The lowest BCUT2D eigenvalue weighted by molar-refractivity contribution is -0.132. The Morgan fingerprint density at radius 2 is 1.36 bits per heavy atom. The number of benzene rings is 1. The second kappa shape index (κ2) is 16.6. The first-order chi connectivity index (χ1) is 17.0. The van der Waals surface area contributed by atoms with Gasteiger partial charge in [-0.15, -0.1) is 0 Å². The predicted octanol–water partition coefficient (Wildman–Crippen LogP) is 8.57. The Morgan fingerprint density at radius 3 is 1.86 bits per heavy atom. The second-order valence-electron chi connectivity index (χ2n) is 11.1. The molecular formula is C31H52O5. The molecule has 0 aromatic heterocycles. The van der Waals surface area contributed by atoms with Crippen molar-refractivity contribution in [1.29, 1.82) is 0 Å². The predicted molar refractivity (Wildman–Crippen MR) is 149 cm³/mol. The van der Waals surface area contributed by atoms with Gasteiger partial charge in [-0.2, -0.15) is 0 Å². The average Bonchev–Trinajstić information content (AvgIpc) is 2.80. The Labute approximate surface area is 220 Å². The number of esters is 1. The smallest absolute Gasteiger partial charge is 0.308 e. The molecule has 1 rings (SSSR count). The highest BCUT2D eigenvalue weighted by Crippen LogP contribution is 2.49. The standard InChI is InChI=1S/C31H52O5/c1-21(2)13-10-14-22(3)15-11-16-23(4)17-12-18-24(5)19-20-27-25(6)29(36-26(7)32)31(35-9)30(34-8)28(27)33/h19,21-23,33H,10-18,20H2,1-9H3/b24-19+. The van der Waals surface area contributed by atoms with Gasteiger partial charge in [-0.25, -0.2) is 0 Å². The van der Waals surface area contributed by atoms with Crippen molar-refractivity contribution in [3.05, 3.63) is 22.8 Å². The summed E-state index contributed by atoms with van der Waals surface area (Å²) in [4.78, 5) is 11.6. The molecule has 1 aromatic rings. The number of hydrogen-bond acceptors (Lipinski definition) is 5. The first-order valence-corrected chi connectivity index (χ1v) is 13.8. The van der Waals surface area contributed by atoms with Crippen LogP contribution in [0.4, 0.5) is 0 Å². The third-order valence-corrected chi connectivity index (χ3v) is 7.16. The number of phenolic OH excluding ortho intramolecular Hbond substituents is 1. The average molecular weight is 505 g/mol. The summed E-state index contributed by atoms with van der Waals surface area (Å²) < 4.78 is 16.1. The zero-order valence-electron chi connectivity index (χ0n) is 24.5. The van der Waals surface area contributed by atoms with Gasteiger partial charge in [0.2, 0.25) is 11.5 Å². The molecule has 0 radical (unpaired) electrons. The summed E-state index contributed by atoms with van der Waals surface area (Å²) >= 11 is 0. The molecular weight excluding hydrogens is 452 g/mol. The van der Waals surface area contributed by atoms with Gasteiger partial charge in [0, 0.05) is 18.1 Å². The molecule has 0 saturated carbocycles. The summed E-state index contributed by atoms with van der Waals surface area (Å²) in [5.41, 5.74) is 2.65. The summed E-state index contributed by atoms with van der Waals surface area (Å²) in [5.74, 6) is 2.71. The van der Waals surface area contributed by atoms with Crippen LogP contribution in [-0.4, -0.2) is 25.3 Å². The quantitative estimate of drug-likeness (QED) is 0.131. The summed E-state index contributed by atoms with van der Waals surface area (Å²) in [6.45, 7) is 14.7. The van der Waals surface area contributed by atoms with Crippen LogP contribution in [0.5, 0.6) is 23.0 Å². The summed E-state index contributed by atoms with van der Waals surface area (Å²) in [7, 11) is 2.92. The van der Waals surface area contributed by atoms with Gasteiger partial charge < -0.3 is 19.3 Å². The largest absolute Gasteiger partial charge is 0.504 e. The van der Waals surface area contributed by atoms with Crippen molar-refractivity contribution in [1.82, 2.24) is 0 Å². The number of aromatic hydroxyl groups is 1. The van der Waals surface area contributed by atoms with Gasteiger partial charge in [0.05, 0.1) is 14.2 Å². The highest BCUT2D eigenvalue weighted by molar-refractivity contribution is 5.75. The van der Waals surface area contributed by atoms with Gasteiger partial charge in [-0.1, -0.05) is 84.3 Å². The number of hydrogen-bond donors (Lipinski definition) is 1. The first-order valence-electron chi connectivity index (χ1n) is 13.8. The van der Waals surface area contributed by atoms with Crippen LogP contribution in [0.1, 0.15) is 110 Å². The fourth-order valence-corrected chi connectivity index (χ4v) is 4.81. The lowest BCUT2D eigenvalue weighted by Crippen LogP contribution is -2.07. The molecule has 0 saturated heterocycles. The minimum Gasteiger partial charge on any atom is -0.504 e. The molecule has 0 fully saturated rings. The van der Waals surface area contributed by atoms with E-state index in [1.165, 1.54) is 78.1 Å². The van der Waals surface area contributed by atoms with Crippen molar-refractivity contribution < 1.29 is 24.1 Å². The number of carbonyl (C=O) groups is 1. The number of phenols is 1. The van der Waals surface area contributed by atoms with Crippen molar-refractivity contribution in [2.75, 3.05) is 14.2 Å². The lowest BCUT2D eigenvalue weighted by Gasteiger charge is -2.19. The van der Waals surface area contributed by atoms with Crippen molar-refractivity contribution in [2.45, 2.75) is 113 Å².